The SMILES string of the molecule is CC(C)Cc1ccc([C@@H](C)c2nc3ccccc3n2Cc2ccc(Br)cc2)cc1. The topological polar surface area (TPSA) is 17.8 Å². The first-order valence-electron chi connectivity index (χ1n) is 10.3. The summed E-state index contributed by atoms with van der Waals surface area (Å²) in [5.74, 6) is 2.02. The van der Waals surface area contributed by atoms with E-state index in [1.54, 1.807) is 0 Å². The van der Waals surface area contributed by atoms with Crippen LogP contribution in [0.3, 0.4) is 0 Å². The maximum atomic E-state index is 5.03. The summed E-state index contributed by atoms with van der Waals surface area (Å²) in [6, 6.07) is 26.1. The summed E-state index contributed by atoms with van der Waals surface area (Å²) in [7, 11) is 0. The maximum absolute atomic E-state index is 5.03. The highest BCUT2D eigenvalue weighted by atomic mass is 79.9. The number of para-hydroxylation sites is 2. The van der Waals surface area contributed by atoms with Crippen LogP contribution >= 0.6 is 15.9 Å². The van der Waals surface area contributed by atoms with Crippen LogP contribution in [0.5, 0.6) is 0 Å². The number of aromatic nitrogens is 2. The predicted octanol–water partition coefficient (Wildman–Crippen LogP) is 7.20. The molecule has 0 aliphatic rings. The molecule has 0 fully saturated rings. The Hall–Kier alpha value is -2.39. The molecule has 2 nitrogen and oxygen atoms in total. The Kier molecular flexibility index (Phi) is 5.86. The van der Waals surface area contributed by atoms with E-state index in [4.69, 9.17) is 4.98 Å². The summed E-state index contributed by atoms with van der Waals surface area (Å²) in [6.45, 7) is 7.61. The highest BCUT2D eigenvalue weighted by Crippen LogP contribution is 2.29. The minimum Gasteiger partial charge on any atom is -0.323 e. The van der Waals surface area contributed by atoms with Crippen LogP contribution in [0.1, 0.15) is 49.2 Å². The number of rotatable bonds is 6. The van der Waals surface area contributed by atoms with Crippen molar-refractivity contribution in [2.45, 2.75) is 39.7 Å². The Morgan fingerprint density at radius 1 is 0.828 bits per heavy atom. The molecule has 29 heavy (non-hydrogen) atoms. The number of benzene rings is 3. The third-order valence-corrected chi connectivity index (χ3v) is 5.98. The molecule has 0 bridgehead atoms. The lowest BCUT2D eigenvalue weighted by Gasteiger charge is -2.16. The maximum Gasteiger partial charge on any atom is 0.117 e. The standard InChI is InChI=1S/C26H27BrN2/c1-18(2)16-20-8-12-22(13-9-20)19(3)26-28-24-6-4-5-7-25(24)29(26)17-21-10-14-23(27)15-11-21/h4-15,18-19H,16-17H2,1-3H3/t19-/m1/s1. The first-order chi connectivity index (χ1) is 14.0. The Labute approximate surface area is 181 Å². The molecular weight excluding hydrogens is 420 g/mol. The fourth-order valence-corrected chi connectivity index (χ4v) is 4.19. The van der Waals surface area contributed by atoms with Crippen LogP contribution in [0.4, 0.5) is 0 Å². The Balaban J connectivity index is 1.71. The van der Waals surface area contributed by atoms with Gasteiger partial charge in [0.2, 0.25) is 0 Å². The van der Waals surface area contributed by atoms with E-state index in [2.05, 4.69) is 114 Å². The smallest absolute Gasteiger partial charge is 0.117 e. The van der Waals surface area contributed by atoms with Crippen molar-refractivity contribution in [2.75, 3.05) is 0 Å². The number of halogens is 1. The van der Waals surface area contributed by atoms with Crippen LogP contribution in [0, 0.1) is 5.92 Å². The molecule has 3 heteroatoms. The number of hydrogen-bond acceptors (Lipinski definition) is 1. The molecule has 1 atom stereocenters. The van der Waals surface area contributed by atoms with Crippen molar-refractivity contribution in [3.63, 3.8) is 0 Å². The average molecular weight is 447 g/mol. The predicted molar refractivity (Wildman–Crippen MR) is 125 cm³/mol. The first-order valence-corrected chi connectivity index (χ1v) is 11.1. The van der Waals surface area contributed by atoms with E-state index in [9.17, 15) is 0 Å². The van der Waals surface area contributed by atoms with Crippen molar-refractivity contribution in [3.8, 4) is 0 Å². The molecule has 4 aromatic rings. The van der Waals surface area contributed by atoms with E-state index in [0.29, 0.717) is 5.92 Å². The molecule has 0 unspecified atom stereocenters. The fourth-order valence-electron chi connectivity index (χ4n) is 3.93. The van der Waals surface area contributed by atoms with Crippen molar-refractivity contribution in [1.29, 1.82) is 0 Å². The normalized spacial score (nSPS) is 12.6. The van der Waals surface area contributed by atoms with Gasteiger partial charge in [-0.25, -0.2) is 4.98 Å². The highest BCUT2D eigenvalue weighted by molar-refractivity contribution is 9.10. The lowest BCUT2D eigenvalue weighted by atomic mass is 9.96. The summed E-state index contributed by atoms with van der Waals surface area (Å²) in [5.41, 5.74) is 6.23. The van der Waals surface area contributed by atoms with Crippen LogP contribution in [0.2, 0.25) is 0 Å². The van der Waals surface area contributed by atoms with Crippen LogP contribution in [-0.2, 0) is 13.0 Å². The van der Waals surface area contributed by atoms with E-state index in [1.807, 2.05) is 0 Å². The van der Waals surface area contributed by atoms with Crippen molar-refractivity contribution < 1.29 is 0 Å². The summed E-state index contributed by atoms with van der Waals surface area (Å²) < 4.78 is 3.47. The first kappa shape index (κ1) is 19.9. The van der Waals surface area contributed by atoms with Gasteiger partial charge in [-0.15, -0.1) is 0 Å². The molecule has 0 aliphatic carbocycles. The Morgan fingerprint density at radius 3 is 2.17 bits per heavy atom. The molecule has 1 aromatic heterocycles. The highest BCUT2D eigenvalue weighted by Gasteiger charge is 2.18. The third-order valence-electron chi connectivity index (χ3n) is 5.45. The second-order valence-corrected chi connectivity index (χ2v) is 9.15. The molecule has 4 rings (SSSR count). The lowest BCUT2D eigenvalue weighted by Crippen LogP contribution is -2.09. The minimum atomic E-state index is 0.228. The van der Waals surface area contributed by atoms with Gasteiger partial charge in [-0.2, -0.15) is 0 Å². The second kappa shape index (κ2) is 8.54. The molecule has 0 N–H and O–H groups in total. The van der Waals surface area contributed by atoms with E-state index in [1.165, 1.54) is 22.2 Å². The van der Waals surface area contributed by atoms with Gasteiger partial charge in [0.15, 0.2) is 0 Å². The number of hydrogen-bond donors (Lipinski definition) is 0. The van der Waals surface area contributed by atoms with Crippen LogP contribution in [0.25, 0.3) is 11.0 Å². The van der Waals surface area contributed by atoms with Crippen LogP contribution < -0.4 is 0 Å². The molecule has 148 valence electrons. The summed E-state index contributed by atoms with van der Waals surface area (Å²) in [5, 5.41) is 0. The van der Waals surface area contributed by atoms with Gasteiger partial charge < -0.3 is 4.57 Å². The molecule has 0 saturated carbocycles. The Morgan fingerprint density at radius 2 is 1.48 bits per heavy atom. The number of imidazole rings is 1. The molecular formula is C26H27BrN2. The molecule has 0 radical (unpaired) electrons. The summed E-state index contributed by atoms with van der Waals surface area (Å²) in [4.78, 5) is 5.03. The van der Waals surface area contributed by atoms with Crippen molar-refractivity contribution >= 4 is 27.0 Å². The third kappa shape index (κ3) is 4.45. The fraction of sp³-hybridized carbons (Fsp3) is 0.269. The minimum absolute atomic E-state index is 0.228. The molecule has 0 amide bonds. The zero-order valence-corrected chi connectivity index (χ0v) is 18.9. The molecule has 3 aromatic carbocycles. The van der Waals surface area contributed by atoms with Crippen LogP contribution in [-0.4, -0.2) is 9.55 Å². The van der Waals surface area contributed by atoms with Gasteiger partial charge in [0.05, 0.1) is 11.0 Å². The molecule has 1 heterocycles. The van der Waals surface area contributed by atoms with Gasteiger partial charge in [0, 0.05) is 16.9 Å². The van der Waals surface area contributed by atoms with Crippen molar-refractivity contribution in [3.05, 3.63) is 99.8 Å². The average Bonchev–Trinajstić information content (AvgIpc) is 3.08. The zero-order chi connectivity index (χ0) is 20.4. The van der Waals surface area contributed by atoms with E-state index >= 15 is 0 Å². The van der Waals surface area contributed by atoms with Gasteiger partial charge in [0.25, 0.3) is 0 Å². The van der Waals surface area contributed by atoms with Crippen LogP contribution in [0.15, 0.2) is 77.3 Å². The summed E-state index contributed by atoms with van der Waals surface area (Å²) in [6.07, 6.45) is 1.12. The molecule has 0 saturated heterocycles. The molecule has 0 spiro atoms. The van der Waals surface area contributed by atoms with E-state index in [-0.39, 0.29) is 5.92 Å². The quantitative estimate of drug-likeness (QED) is 0.306. The van der Waals surface area contributed by atoms with Gasteiger partial charge in [-0.1, -0.05) is 85.2 Å². The van der Waals surface area contributed by atoms with Crippen molar-refractivity contribution in [1.82, 2.24) is 9.55 Å². The van der Waals surface area contributed by atoms with Crippen molar-refractivity contribution in [2.24, 2.45) is 5.92 Å². The van der Waals surface area contributed by atoms with Gasteiger partial charge in [-0.05, 0) is 53.3 Å². The number of nitrogens with zero attached hydrogens (tertiary/aromatic N) is 2. The zero-order valence-electron chi connectivity index (χ0n) is 17.3. The summed E-state index contributed by atoms with van der Waals surface area (Å²) >= 11 is 3.53. The largest absolute Gasteiger partial charge is 0.323 e. The monoisotopic (exact) mass is 446 g/mol. The molecule has 0 aliphatic heterocycles. The van der Waals surface area contributed by atoms with E-state index in [0.717, 1.165) is 28.8 Å². The second-order valence-electron chi connectivity index (χ2n) is 8.23. The lowest BCUT2D eigenvalue weighted by molar-refractivity contribution is 0.646. The van der Waals surface area contributed by atoms with E-state index < -0.39 is 0 Å². The van der Waals surface area contributed by atoms with Gasteiger partial charge in [0.1, 0.15) is 5.82 Å². The van der Waals surface area contributed by atoms with Gasteiger partial charge in [-0.3, -0.25) is 0 Å². The number of fused-ring (bicyclic) bond motifs is 1. The Bertz CT molecular complexity index is 1090. The van der Waals surface area contributed by atoms with Gasteiger partial charge >= 0.3 is 0 Å².